The number of H-pyrrole nitrogens is 1. The molecule has 1 aromatic heterocycles. The maximum atomic E-state index is 13.4. The summed E-state index contributed by atoms with van der Waals surface area (Å²) in [7, 11) is 1.43. The maximum absolute atomic E-state index is 13.4. The number of hydrogen-bond donors (Lipinski definition) is 3. The van der Waals surface area contributed by atoms with Crippen LogP contribution in [-0.2, 0) is 20.9 Å². The fraction of sp³-hybridized carbons (Fsp3) is 0.682. The molecule has 0 aromatic carbocycles. The fourth-order valence-electron chi connectivity index (χ4n) is 4.79. The Balaban J connectivity index is 1.95. The lowest BCUT2D eigenvalue weighted by Crippen LogP contribution is -2.54. The Morgan fingerprint density at radius 3 is 2.59 bits per heavy atom. The van der Waals surface area contributed by atoms with Gasteiger partial charge in [-0.05, 0) is 24.7 Å². The second-order valence-corrected chi connectivity index (χ2v) is 9.48. The lowest BCUT2D eigenvalue weighted by molar-refractivity contribution is -0.136. The normalized spacial score (nSPS) is 22.5. The largest absolute Gasteiger partial charge is 0.383 e. The van der Waals surface area contributed by atoms with E-state index in [1.807, 2.05) is 20.8 Å². The highest BCUT2D eigenvalue weighted by Crippen LogP contribution is 2.38. The molecule has 1 spiro atoms. The molecule has 2 fully saturated rings. The summed E-state index contributed by atoms with van der Waals surface area (Å²) in [5.41, 5.74) is 3.45. The van der Waals surface area contributed by atoms with E-state index in [4.69, 9.17) is 10.5 Å². The van der Waals surface area contributed by atoms with E-state index in [-0.39, 0.29) is 43.0 Å². The number of methoxy groups -OCH3 is 1. The molecule has 34 heavy (non-hydrogen) atoms. The van der Waals surface area contributed by atoms with Gasteiger partial charge in [0.2, 0.25) is 5.91 Å². The zero-order valence-electron chi connectivity index (χ0n) is 20.2. The lowest BCUT2D eigenvalue weighted by Gasteiger charge is -2.36. The van der Waals surface area contributed by atoms with E-state index in [1.54, 1.807) is 0 Å². The number of nitrogens with zero attached hydrogens (tertiary/aromatic N) is 3. The number of ether oxygens (including phenoxy) is 1. The number of imide groups is 1. The first-order valence-corrected chi connectivity index (χ1v) is 11.6. The number of amides is 4. The molecule has 0 radical (unpaired) electrons. The number of urea groups is 1. The fourth-order valence-corrected chi connectivity index (χ4v) is 4.79. The standard InChI is InChI=1S/C22H34N6O6/c1-13(2)11-27-17(23)16(18(30)24-20(27)32)26(9-10-34-4)15(29)12-28-19(31)22(25-21(28)33)8-6-5-7-14(22)3/h13-14H,5-12,23H2,1-4H3,(H,25,33)(H,24,30,32)/t14-,22+/m0/s1. The van der Waals surface area contributed by atoms with Crippen LogP contribution in [0.3, 0.4) is 0 Å². The molecule has 4 N–H and O–H groups in total. The Hall–Kier alpha value is -3.15. The first kappa shape index (κ1) is 25.5. The van der Waals surface area contributed by atoms with Crippen molar-refractivity contribution >= 4 is 29.4 Å². The highest BCUT2D eigenvalue weighted by molar-refractivity contribution is 6.10. The van der Waals surface area contributed by atoms with E-state index in [0.717, 1.165) is 29.1 Å². The molecule has 1 saturated heterocycles. The number of anilines is 2. The van der Waals surface area contributed by atoms with E-state index in [1.165, 1.54) is 11.7 Å². The number of aromatic nitrogens is 2. The monoisotopic (exact) mass is 478 g/mol. The number of nitrogens with two attached hydrogens (primary N) is 1. The SMILES string of the molecule is COCCN(C(=O)CN1C(=O)N[C@@]2(CCCC[C@@H]2C)C1=O)c1c(N)n(CC(C)C)c(=O)[nH]c1=O. The average Bonchev–Trinajstić information content (AvgIpc) is 3.00. The van der Waals surface area contributed by atoms with Gasteiger partial charge in [0.15, 0.2) is 5.69 Å². The van der Waals surface area contributed by atoms with E-state index in [2.05, 4.69) is 10.3 Å². The van der Waals surface area contributed by atoms with E-state index in [9.17, 15) is 24.0 Å². The molecule has 2 heterocycles. The van der Waals surface area contributed by atoms with Crippen molar-refractivity contribution in [3.8, 4) is 0 Å². The lowest BCUT2D eigenvalue weighted by atomic mass is 9.73. The van der Waals surface area contributed by atoms with Gasteiger partial charge in [0.05, 0.1) is 6.61 Å². The van der Waals surface area contributed by atoms with Gasteiger partial charge in [-0.3, -0.25) is 28.8 Å². The minimum absolute atomic E-state index is 0.0430. The van der Waals surface area contributed by atoms with Crippen LogP contribution in [0.4, 0.5) is 16.3 Å². The molecule has 12 heteroatoms. The van der Waals surface area contributed by atoms with Crippen LogP contribution >= 0.6 is 0 Å². The molecule has 1 aromatic rings. The van der Waals surface area contributed by atoms with E-state index in [0.29, 0.717) is 6.42 Å². The summed E-state index contributed by atoms with van der Waals surface area (Å²) in [6.45, 7) is 5.35. The third-order valence-electron chi connectivity index (χ3n) is 6.65. The van der Waals surface area contributed by atoms with Gasteiger partial charge in [-0.2, -0.15) is 0 Å². The predicted octanol–water partition coefficient (Wildman–Crippen LogP) is 0.255. The first-order chi connectivity index (χ1) is 16.0. The second kappa shape index (κ2) is 10.00. The number of nitrogen functional groups attached to an aromatic ring is 1. The van der Waals surface area contributed by atoms with Crippen LogP contribution in [0.15, 0.2) is 9.59 Å². The zero-order chi connectivity index (χ0) is 25.2. The highest BCUT2D eigenvalue weighted by Gasteiger charge is 2.55. The zero-order valence-corrected chi connectivity index (χ0v) is 20.2. The molecular formula is C22H34N6O6. The third kappa shape index (κ3) is 4.59. The van der Waals surface area contributed by atoms with Crippen molar-refractivity contribution in [3.05, 3.63) is 20.8 Å². The van der Waals surface area contributed by atoms with Crippen molar-refractivity contribution in [1.82, 2.24) is 19.8 Å². The molecule has 3 rings (SSSR count). The van der Waals surface area contributed by atoms with Crippen molar-refractivity contribution in [2.24, 2.45) is 11.8 Å². The Morgan fingerprint density at radius 1 is 1.26 bits per heavy atom. The Kier molecular flexibility index (Phi) is 7.49. The predicted molar refractivity (Wildman–Crippen MR) is 125 cm³/mol. The number of carbonyl (C=O) groups excluding carboxylic acids is 3. The first-order valence-electron chi connectivity index (χ1n) is 11.6. The molecule has 4 amide bonds. The van der Waals surface area contributed by atoms with Gasteiger partial charge in [-0.1, -0.05) is 33.6 Å². The Bertz CT molecular complexity index is 1080. The van der Waals surface area contributed by atoms with Crippen molar-refractivity contribution in [1.29, 1.82) is 0 Å². The van der Waals surface area contributed by atoms with Crippen molar-refractivity contribution in [3.63, 3.8) is 0 Å². The van der Waals surface area contributed by atoms with Gasteiger partial charge >= 0.3 is 11.7 Å². The minimum atomic E-state index is -1.01. The summed E-state index contributed by atoms with van der Waals surface area (Å²) in [5, 5.41) is 2.81. The summed E-state index contributed by atoms with van der Waals surface area (Å²) < 4.78 is 6.28. The summed E-state index contributed by atoms with van der Waals surface area (Å²) in [4.78, 5) is 68.6. The Labute approximate surface area is 197 Å². The van der Waals surface area contributed by atoms with Crippen LogP contribution in [0.5, 0.6) is 0 Å². The number of carbonyl (C=O) groups is 3. The van der Waals surface area contributed by atoms with Crippen molar-refractivity contribution in [2.75, 3.05) is 37.4 Å². The quantitative estimate of drug-likeness (QED) is 0.452. The summed E-state index contributed by atoms with van der Waals surface area (Å²) in [5.74, 6) is -1.30. The minimum Gasteiger partial charge on any atom is -0.383 e. The van der Waals surface area contributed by atoms with Gasteiger partial charge in [0.1, 0.15) is 17.9 Å². The van der Waals surface area contributed by atoms with Crippen LogP contribution in [0.25, 0.3) is 0 Å². The molecule has 0 bridgehead atoms. The molecular weight excluding hydrogens is 444 g/mol. The molecule has 1 aliphatic heterocycles. The van der Waals surface area contributed by atoms with Gasteiger partial charge in [0, 0.05) is 20.2 Å². The summed E-state index contributed by atoms with van der Waals surface area (Å²) >= 11 is 0. The second-order valence-electron chi connectivity index (χ2n) is 9.48. The van der Waals surface area contributed by atoms with E-state index < -0.39 is 41.2 Å². The Morgan fingerprint density at radius 2 is 1.97 bits per heavy atom. The van der Waals surface area contributed by atoms with Crippen LogP contribution in [0, 0.1) is 11.8 Å². The van der Waals surface area contributed by atoms with Gasteiger partial charge in [-0.25, -0.2) is 9.59 Å². The summed E-state index contributed by atoms with van der Waals surface area (Å²) in [6.07, 6.45) is 3.10. The molecule has 1 aliphatic carbocycles. The molecule has 2 atom stereocenters. The van der Waals surface area contributed by atoms with Crippen LogP contribution in [0.1, 0.15) is 46.5 Å². The smallest absolute Gasteiger partial charge is 0.330 e. The van der Waals surface area contributed by atoms with Gasteiger partial charge in [-0.15, -0.1) is 0 Å². The number of hydrogen-bond acceptors (Lipinski definition) is 7. The molecule has 0 unspecified atom stereocenters. The van der Waals surface area contributed by atoms with Crippen LogP contribution in [-0.4, -0.2) is 64.6 Å². The van der Waals surface area contributed by atoms with E-state index >= 15 is 0 Å². The third-order valence-corrected chi connectivity index (χ3v) is 6.65. The average molecular weight is 479 g/mol. The molecule has 12 nitrogen and oxygen atoms in total. The number of rotatable bonds is 8. The van der Waals surface area contributed by atoms with Crippen molar-refractivity contribution in [2.45, 2.75) is 58.5 Å². The topological polar surface area (TPSA) is 160 Å². The maximum Gasteiger partial charge on any atom is 0.330 e. The van der Waals surface area contributed by atoms with Crippen LogP contribution < -0.4 is 27.2 Å². The number of nitrogens with one attached hydrogen (secondary N) is 2. The van der Waals surface area contributed by atoms with Gasteiger partial charge < -0.3 is 20.7 Å². The summed E-state index contributed by atoms with van der Waals surface area (Å²) in [6, 6.07) is -0.634. The molecule has 2 aliphatic rings. The number of aromatic amines is 1. The molecule has 1 saturated carbocycles. The highest BCUT2D eigenvalue weighted by atomic mass is 16.5. The van der Waals surface area contributed by atoms with Gasteiger partial charge in [0.25, 0.3) is 11.5 Å². The molecule has 188 valence electrons. The van der Waals surface area contributed by atoms with Crippen molar-refractivity contribution < 1.29 is 19.1 Å². The van der Waals surface area contributed by atoms with Crippen LogP contribution in [0.2, 0.25) is 0 Å².